The van der Waals surface area contributed by atoms with Crippen molar-refractivity contribution in [1.29, 1.82) is 0 Å². The van der Waals surface area contributed by atoms with Gasteiger partial charge in [0.15, 0.2) is 0 Å². The molecule has 3 heteroatoms. The average Bonchev–Trinajstić information content (AvgIpc) is 2.65. The molecule has 17 heavy (non-hydrogen) atoms. The summed E-state index contributed by atoms with van der Waals surface area (Å²) in [4.78, 5) is 0. The highest BCUT2D eigenvalue weighted by Crippen LogP contribution is 2.04. The molecule has 1 aromatic heterocycles. The van der Waals surface area contributed by atoms with Crippen LogP contribution in [0.3, 0.4) is 0 Å². The number of aryl methyl sites for hydroxylation is 2. The van der Waals surface area contributed by atoms with Gasteiger partial charge in [-0.3, -0.25) is 4.68 Å². The Morgan fingerprint density at radius 2 is 2.00 bits per heavy atom. The van der Waals surface area contributed by atoms with Gasteiger partial charge in [0.05, 0.1) is 5.69 Å². The van der Waals surface area contributed by atoms with Gasteiger partial charge < -0.3 is 5.32 Å². The molecular formula is C14H19N3. The van der Waals surface area contributed by atoms with E-state index in [0.717, 1.165) is 25.2 Å². The highest BCUT2D eigenvalue weighted by molar-refractivity contribution is 5.16. The fourth-order valence-corrected chi connectivity index (χ4v) is 1.92. The third kappa shape index (κ3) is 3.43. The molecule has 0 bridgehead atoms. The zero-order valence-corrected chi connectivity index (χ0v) is 10.5. The summed E-state index contributed by atoms with van der Waals surface area (Å²) in [6.45, 7) is 3.94. The number of nitrogens with one attached hydrogen (secondary N) is 1. The first kappa shape index (κ1) is 11.9. The summed E-state index contributed by atoms with van der Waals surface area (Å²) < 4.78 is 1.86. The van der Waals surface area contributed by atoms with Crippen LogP contribution in [0.1, 0.15) is 16.8 Å². The van der Waals surface area contributed by atoms with E-state index in [1.807, 2.05) is 18.7 Å². The van der Waals surface area contributed by atoms with Crippen molar-refractivity contribution >= 4 is 0 Å². The highest BCUT2D eigenvalue weighted by atomic mass is 15.2. The molecule has 0 unspecified atom stereocenters. The Hall–Kier alpha value is -1.61. The monoisotopic (exact) mass is 229 g/mol. The molecule has 0 atom stereocenters. The summed E-state index contributed by atoms with van der Waals surface area (Å²) in [5, 5.41) is 7.78. The van der Waals surface area contributed by atoms with Crippen LogP contribution in [0.25, 0.3) is 0 Å². The second-order valence-corrected chi connectivity index (χ2v) is 4.33. The smallest absolute Gasteiger partial charge is 0.0638 e. The van der Waals surface area contributed by atoms with E-state index in [4.69, 9.17) is 0 Å². The molecule has 2 rings (SSSR count). The summed E-state index contributed by atoms with van der Waals surface area (Å²) >= 11 is 0. The second-order valence-electron chi connectivity index (χ2n) is 4.33. The molecule has 2 aromatic rings. The van der Waals surface area contributed by atoms with Crippen LogP contribution < -0.4 is 5.32 Å². The fourth-order valence-electron chi connectivity index (χ4n) is 1.92. The van der Waals surface area contributed by atoms with Crippen LogP contribution in [0.2, 0.25) is 0 Å². The van der Waals surface area contributed by atoms with Crippen LogP contribution >= 0.6 is 0 Å². The van der Waals surface area contributed by atoms with Gasteiger partial charge in [-0.1, -0.05) is 30.3 Å². The van der Waals surface area contributed by atoms with Crippen molar-refractivity contribution in [1.82, 2.24) is 15.1 Å². The van der Waals surface area contributed by atoms with Crippen LogP contribution in [-0.2, 0) is 20.0 Å². The molecule has 0 aliphatic carbocycles. The van der Waals surface area contributed by atoms with Gasteiger partial charge in [0.25, 0.3) is 0 Å². The van der Waals surface area contributed by atoms with Gasteiger partial charge >= 0.3 is 0 Å². The minimum Gasteiger partial charge on any atom is -0.312 e. The fraction of sp³-hybridized carbons (Fsp3) is 0.357. The van der Waals surface area contributed by atoms with E-state index in [1.54, 1.807) is 0 Å². The number of aromatic nitrogens is 2. The molecule has 0 aliphatic heterocycles. The third-order valence-electron chi connectivity index (χ3n) is 2.86. The van der Waals surface area contributed by atoms with Gasteiger partial charge in [-0.15, -0.1) is 0 Å². The molecule has 3 nitrogen and oxygen atoms in total. The largest absolute Gasteiger partial charge is 0.312 e. The van der Waals surface area contributed by atoms with Crippen LogP contribution in [-0.4, -0.2) is 16.3 Å². The standard InChI is InChI=1S/C14H19N3/c1-12-14(11-17(2)16-12)10-15-9-8-13-6-4-3-5-7-13/h3-7,11,15H,8-10H2,1-2H3. The molecule has 90 valence electrons. The SMILES string of the molecule is Cc1nn(C)cc1CNCCc1ccccc1. The van der Waals surface area contributed by atoms with Crippen molar-refractivity contribution < 1.29 is 0 Å². The van der Waals surface area contributed by atoms with E-state index in [-0.39, 0.29) is 0 Å². The van der Waals surface area contributed by atoms with Crippen molar-refractivity contribution in [2.45, 2.75) is 19.9 Å². The van der Waals surface area contributed by atoms with Crippen molar-refractivity contribution in [3.05, 3.63) is 53.3 Å². The topological polar surface area (TPSA) is 29.9 Å². The molecule has 1 heterocycles. The molecule has 0 radical (unpaired) electrons. The summed E-state index contributed by atoms with van der Waals surface area (Å²) in [7, 11) is 1.96. The Balaban J connectivity index is 1.75. The molecule has 0 spiro atoms. The van der Waals surface area contributed by atoms with Crippen LogP contribution in [0.5, 0.6) is 0 Å². The van der Waals surface area contributed by atoms with Crippen LogP contribution in [0.15, 0.2) is 36.5 Å². The van der Waals surface area contributed by atoms with E-state index < -0.39 is 0 Å². The number of hydrogen-bond acceptors (Lipinski definition) is 2. The first-order valence-electron chi connectivity index (χ1n) is 5.99. The number of benzene rings is 1. The van der Waals surface area contributed by atoms with Crippen molar-refractivity contribution in [2.75, 3.05) is 6.54 Å². The van der Waals surface area contributed by atoms with E-state index in [0.29, 0.717) is 0 Å². The zero-order valence-electron chi connectivity index (χ0n) is 10.5. The Bertz CT molecular complexity index is 460. The van der Waals surface area contributed by atoms with Gasteiger partial charge in [-0.05, 0) is 25.5 Å². The van der Waals surface area contributed by atoms with E-state index in [1.165, 1.54) is 11.1 Å². The number of hydrogen-bond donors (Lipinski definition) is 1. The lowest BCUT2D eigenvalue weighted by atomic mass is 10.1. The van der Waals surface area contributed by atoms with Gasteiger partial charge in [0.1, 0.15) is 0 Å². The van der Waals surface area contributed by atoms with Gasteiger partial charge in [-0.2, -0.15) is 5.10 Å². The molecule has 0 saturated heterocycles. The normalized spacial score (nSPS) is 10.7. The maximum atomic E-state index is 4.32. The number of nitrogens with zero attached hydrogens (tertiary/aromatic N) is 2. The molecule has 0 amide bonds. The lowest BCUT2D eigenvalue weighted by Gasteiger charge is -2.03. The quantitative estimate of drug-likeness (QED) is 0.795. The lowest BCUT2D eigenvalue weighted by molar-refractivity contribution is 0.684. The lowest BCUT2D eigenvalue weighted by Crippen LogP contribution is -2.16. The Kier molecular flexibility index (Phi) is 3.94. The summed E-state index contributed by atoms with van der Waals surface area (Å²) in [5.74, 6) is 0. The van der Waals surface area contributed by atoms with Crippen molar-refractivity contribution in [3.8, 4) is 0 Å². The Labute approximate surface area is 102 Å². The maximum absolute atomic E-state index is 4.32. The predicted octanol–water partition coefficient (Wildman–Crippen LogP) is 2.06. The van der Waals surface area contributed by atoms with Crippen LogP contribution in [0, 0.1) is 6.92 Å². The minimum atomic E-state index is 0.895. The highest BCUT2D eigenvalue weighted by Gasteiger charge is 2.01. The van der Waals surface area contributed by atoms with Gasteiger partial charge in [0.2, 0.25) is 0 Å². The Morgan fingerprint density at radius 3 is 2.65 bits per heavy atom. The Morgan fingerprint density at radius 1 is 1.24 bits per heavy atom. The average molecular weight is 229 g/mol. The van der Waals surface area contributed by atoms with Gasteiger partial charge in [-0.25, -0.2) is 0 Å². The summed E-state index contributed by atoms with van der Waals surface area (Å²) in [6.07, 6.45) is 3.14. The molecule has 0 saturated carbocycles. The molecule has 0 aliphatic rings. The van der Waals surface area contributed by atoms with Crippen molar-refractivity contribution in [2.24, 2.45) is 7.05 Å². The third-order valence-corrected chi connectivity index (χ3v) is 2.86. The summed E-state index contributed by atoms with van der Waals surface area (Å²) in [5.41, 5.74) is 3.77. The first-order valence-corrected chi connectivity index (χ1v) is 5.99. The van der Waals surface area contributed by atoms with Crippen molar-refractivity contribution in [3.63, 3.8) is 0 Å². The summed E-state index contributed by atoms with van der Waals surface area (Å²) in [6, 6.07) is 10.5. The van der Waals surface area contributed by atoms with E-state index in [9.17, 15) is 0 Å². The zero-order chi connectivity index (χ0) is 12.1. The minimum absolute atomic E-state index is 0.895. The molecule has 1 aromatic carbocycles. The molecule has 1 N–H and O–H groups in total. The van der Waals surface area contributed by atoms with E-state index >= 15 is 0 Å². The van der Waals surface area contributed by atoms with E-state index in [2.05, 4.69) is 46.9 Å². The number of rotatable bonds is 5. The van der Waals surface area contributed by atoms with Crippen LogP contribution in [0.4, 0.5) is 0 Å². The first-order chi connectivity index (χ1) is 8.25. The van der Waals surface area contributed by atoms with Gasteiger partial charge in [0, 0.05) is 25.4 Å². The molecule has 0 fully saturated rings. The maximum Gasteiger partial charge on any atom is 0.0638 e. The predicted molar refractivity (Wildman–Crippen MR) is 69.8 cm³/mol. The second kappa shape index (κ2) is 5.64. The molecular weight excluding hydrogens is 210 g/mol.